The van der Waals surface area contributed by atoms with Gasteiger partial charge in [0.25, 0.3) is 0 Å². The number of hydrogen-bond acceptors (Lipinski definition) is 3. The van der Waals surface area contributed by atoms with Gasteiger partial charge in [-0.2, -0.15) is 0 Å². The van der Waals surface area contributed by atoms with Crippen LogP contribution in [-0.4, -0.2) is 24.8 Å². The van der Waals surface area contributed by atoms with Crippen LogP contribution < -0.4 is 9.47 Å². The van der Waals surface area contributed by atoms with Crippen LogP contribution in [-0.2, 0) is 4.79 Å². The molecule has 0 atom stereocenters. The molecule has 3 saturated carbocycles. The zero-order valence-electron chi connectivity index (χ0n) is 10.3. The van der Waals surface area contributed by atoms with Crippen molar-refractivity contribution in [3.8, 4) is 11.5 Å². The molecule has 0 unspecified atom stereocenters. The molecule has 0 aliphatic heterocycles. The molecule has 4 heteroatoms. The fourth-order valence-corrected chi connectivity index (χ4v) is 3.35. The fourth-order valence-electron chi connectivity index (χ4n) is 3.35. The van der Waals surface area contributed by atoms with Gasteiger partial charge < -0.3 is 14.6 Å². The maximum atomic E-state index is 11.0. The van der Waals surface area contributed by atoms with Crippen molar-refractivity contribution in [1.82, 2.24) is 0 Å². The van der Waals surface area contributed by atoms with E-state index in [2.05, 4.69) is 0 Å². The summed E-state index contributed by atoms with van der Waals surface area (Å²) in [5.41, 5.74) is -0.330. The number of para-hydroxylation sites is 2. The SMILES string of the molecule is COc1ccccc1OCC12CC(C(=O)O)(C1)C2. The van der Waals surface area contributed by atoms with Crippen molar-refractivity contribution >= 4 is 5.97 Å². The number of aliphatic carboxylic acids is 1. The van der Waals surface area contributed by atoms with Gasteiger partial charge in [0, 0.05) is 5.41 Å². The van der Waals surface area contributed by atoms with E-state index in [9.17, 15) is 4.79 Å². The molecule has 0 radical (unpaired) electrons. The molecule has 4 rings (SSSR count). The van der Waals surface area contributed by atoms with E-state index in [1.165, 1.54) is 0 Å². The third kappa shape index (κ3) is 1.48. The van der Waals surface area contributed by atoms with Crippen molar-refractivity contribution in [2.75, 3.05) is 13.7 Å². The zero-order valence-corrected chi connectivity index (χ0v) is 10.3. The Labute approximate surface area is 106 Å². The standard InChI is InChI=1S/C14H16O4/c1-17-10-4-2-3-5-11(10)18-9-13-6-14(7-13,8-13)12(15)16/h2-5H,6-9H2,1H3,(H,15,16). The summed E-state index contributed by atoms with van der Waals surface area (Å²) in [7, 11) is 1.61. The van der Waals surface area contributed by atoms with Crippen LogP contribution in [0.5, 0.6) is 11.5 Å². The van der Waals surface area contributed by atoms with Gasteiger partial charge >= 0.3 is 5.97 Å². The number of ether oxygens (including phenoxy) is 2. The molecule has 4 nitrogen and oxygen atoms in total. The highest BCUT2D eigenvalue weighted by atomic mass is 16.5. The van der Waals surface area contributed by atoms with Gasteiger partial charge in [0.15, 0.2) is 11.5 Å². The predicted molar refractivity (Wildman–Crippen MR) is 64.8 cm³/mol. The van der Waals surface area contributed by atoms with Crippen LogP contribution in [0.1, 0.15) is 19.3 Å². The summed E-state index contributed by atoms with van der Waals surface area (Å²) in [5.74, 6) is 0.799. The maximum absolute atomic E-state index is 11.0. The summed E-state index contributed by atoms with van der Waals surface area (Å²) in [6.45, 7) is 0.586. The van der Waals surface area contributed by atoms with E-state index >= 15 is 0 Å². The number of benzene rings is 1. The number of methoxy groups -OCH3 is 1. The van der Waals surface area contributed by atoms with Gasteiger partial charge in [-0.3, -0.25) is 4.79 Å². The van der Waals surface area contributed by atoms with E-state index in [0.29, 0.717) is 6.61 Å². The van der Waals surface area contributed by atoms with Crippen molar-refractivity contribution in [2.45, 2.75) is 19.3 Å². The molecule has 1 aromatic carbocycles. The zero-order chi connectivity index (χ0) is 12.8. The number of carbonyl (C=O) groups is 1. The highest BCUT2D eigenvalue weighted by Crippen LogP contribution is 2.73. The molecule has 18 heavy (non-hydrogen) atoms. The average molecular weight is 248 g/mol. The summed E-state index contributed by atoms with van der Waals surface area (Å²) in [6.07, 6.45) is 2.26. The lowest BCUT2D eigenvalue weighted by Gasteiger charge is -2.67. The quantitative estimate of drug-likeness (QED) is 0.868. The topological polar surface area (TPSA) is 55.8 Å². The monoisotopic (exact) mass is 248 g/mol. The van der Waals surface area contributed by atoms with Gasteiger partial charge in [0.1, 0.15) is 0 Å². The second kappa shape index (κ2) is 3.64. The van der Waals surface area contributed by atoms with Crippen molar-refractivity contribution in [1.29, 1.82) is 0 Å². The van der Waals surface area contributed by atoms with Crippen molar-refractivity contribution < 1.29 is 19.4 Å². The molecule has 0 aromatic heterocycles. The number of carboxylic acids is 1. The van der Waals surface area contributed by atoms with Crippen LogP contribution in [0, 0.1) is 10.8 Å². The van der Waals surface area contributed by atoms with Crippen LogP contribution in [0.2, 0.25) is 0 Å². The van der Waals surface area contributed by atoms with E-state index in [1.807, 2.05) is 24.3 Å². The Morgan fingerprint density at radius 1 is 1.28 bits per heavy atom. The third-order valence-electron chi connectivity index (χ3n) is 4.20. The van der Waals surface area contributed by atoms with Gasteiger partial charge in [0.2, 0.25) is 0 Å². The predicted octanol–water partition coefficient (Wildman–Crippen LogP) is 2.33. The lowest BCUT2D eigenvalue weighted by atomic mass is 9.35. The Morgan fingerprint density at radius 2 is 1.89 bits per heavy atom. The van der Waals surface area contributed by atoms with Crippen molar-refractivity contribution in [3.05, 3.63) is 24.3 Å². The van der Waals surface area contributed by atoms with E-state index in [1.54, 1.807) is 7.11 Å². The first-order valence-corrected chi connectivity index (χ1v) is 6.09. The minimum atomic E-state index is -0.651. The average Bonchev–Trinajstić information content (AvgIpc) is 2.25. The first-order chi connectivity index (χ1) is 8.59. The van der Waals surface area contributed by atoms with Gasteiger partial charge in [-0.25, -0.2) is 0 Å². The van der Waals surface area contributed by atoms with E-state index in [-0.39, 0.29) is 5.41 Å². The van der Waals surface area contributed by atoms with Crippen molar-refractivity contribution in [2.24, 2.45) is 10.8 Å². The molecule has 1 aromatic rings. The number of carboxylic acid groups (broad SMARTS) is 1. The van der Waals surface area contributed by atoms with Crippen LogP contribution in [0.3, 0.4) is 0 Å². The molecule has 1 N–H and O–H groups in total. The second-order valence-corrected chi connectivity index (χ2v) is 5.56. The first kappa shape index (κ1) is 11.4. The second-order valence-electron chi connectivity index (χ2n) is 5.56. The van der Waals surface area contributed by atoms with Crippen LogP contribution in [0.4, 0.5) is 0 Å². The number of rotatable bonds is 5. The molecule has 0 spiro atoms. The molecule has 2 bridgehead atoms. The third-order valence-corrected chi connectivity index (χ3v) is 4.20. The molecular weight excluding hydrogens is 232 g/mol. The largest absolute Gasteiger partial charge is 0.493 e. The van der Waals surface area contributed by atoms with E-state index < -0.39 is 11.4 Å². The lowest BCUT2D eigenvalue weighted by Crippen LogP contribution is -2.67. The molecule has 0 heterocycles. The lowest BCUT2D eigenvalue weighted by molar-refractivity contribution is -0.231. The Hall–Kier alpha value is -1.71. The summed E-state index contributed by atoms with van der Waals surface area (Å²) >= 11 is 0. The fraction of sp³-hybridized carbons (Fsp3) is 0.500. The first-order valence-electron chi connectivity index (χ1n) is 6.09. The Morgan fingerprint density at radius 3 is 2.44 bits per heavy atom. The molecule has 0 saturated heterocycles. The van der Waals surface area contributed by atoms with Gasteiger partial charge in [-0.15, -0.1) is 0 Å². The van der Waals surface area contributed by atoms with E-state index in [0.717, 1.165) is 30.8 Å². The van der Waals surface area contributed by atoms with Crippen LogP contribution in [0.15, 0.2) is 24.3 Å². The van der Waals surface area contributed by atoms with Crippen molar-refractivity contribution in [3.63, 3.8) is 0 Å². The number of hydrogen-bond donors (Lipinski definition) is 1. The Bertz CT molecular complexity index is 475. The highest BCUT2D eigenvalue weighted by molar-refractivity contribution is 5.79. The minimum Gasteiger partial charge on any atom is -0.493 e. The van der Waals surface area contributed by atoms with E-state index in [4.69, 9.17) is 14.6 Å². The molecule has 3 fully saturated rings. The Kier molecular flexibility index (Phi) is 2.30. The van der Waals surface area contributed by atoms with Gasteiger partial charge in [0.05, 0.1) is 19.1 Å². The molecule has 0 amide bonds. The van der Waals surface area contributed by atoms with Gasteiger partial charge in [-0.05, 0) is 31.4 Å². The summed E-state index contributed by atoms with van der Waals surface area (Å²) in [6, 6.07) is 7.53. The maximum Gasteiger partial charge on any atom is 0.309 e. The summed E-state index contributed by atoms with van der Waals surface area (Å²) < 4.78 is 11.0. The summed E-state index contributed by atoms with van der Waals surface area (Å²) in [5, 5.41) is 9.05. The van der Waals surface area contributed by atoms with Crippen LogP contribution >= 0.6 is 0 Å². The molecule has 3 aliphatic carbocycles. The van der Waals surface area contributed by atoms with Crippen LogP contribution in [0.25, 0.3) is 0 Å². The smallest absolute Gasteiger partial charge is 0.309 e. The molecule has 3 aliphatic rings. The van der Waals surface area contributed by atoms with Gasteiger partial charge in [-0.1, -0.05) is 12.1 Å². The normalized spacial score (nSPS) is 32.1. The molecular formula is C14H16O4. The minimum absolute atomic E-state index is 0.0965. The Balaban J connectivity index is 1.60. The highest BCUT2D eigenvalue weighted by Gasteiger charge is 2.72. The summed E-state index contributed by atoms with van der Waals surface area (Å²) in [4.78, 5) is 11.0. The molecule has 96 valence electrons.